The summed E-state index contributed by atoms with van der Waals surface area (Å²) in [6.45, 7) is 21.9. The molecule has 14 rings (SSSR count). The van der Waals surface area contributed by atoms with Crippen LogP contribution in [-0.2, 0) is 67.9 Å². The van der Waals surface area contributed by atoms with Gasteiger partial charge in [-0.3, -0.25) is 47.8 Å². The van der Waals surface area contributed by atoms with Crippen molar-refractivity contribution < 1.29 is 92.4 Å². The van der Waals surface area contributed by atoms with Gasteiger partial charge in [0.15, 0.2) is 11.6 Å². The summed E-state index contributed by atoms with van der Waals surface area (Å²) in [5, 5.41) is 2.76. The van der Waals surface area contributed by atoms with Gasteiger partial charge in [0.1, 0.15) is 46.5 Å². The fourth-order valence-corrected chi connectivity index (χ4v) is 20.7. The predicted octanol–water partition coefficient (Wildman–Crippen LogP) is 15.4. The van der Waals surface area contributed by atoms with Crippen molar-refractivity contribution in [2.24, 2.45) is 58.2 Å². The molecule has 6 aromatic rings. The number of hydrogen-bond acceptors (Lipinski definition) is 20. The van der Waals surface area contributed by atoms with E-state index in [0.29, 0.717) is 96.2 Å². The molecule has 656 valence electrons. The quantitative estimate of drug-likeness (QED) is 0.0596. The average Bonchev–Trinajstić information content (AvgIpc) is 1.57. The van der Waals surface area contributed by atoms with Gasteiger partial charge in [0.05, 0.1) is 95.8 Å². The fourth-order valence-electron chi connectivity index (χ4n) is 18.0. The number of esters is 2. The number of aromatic nitrogens is 2. The molecular weight excluding hydrogens is 1600 g/mol. The number of sulfonamides is 2. The van der Waals surface area contributed by atoms with Gasteiger partial charge < -0.3 is 38.2 Å². The first-order valence-electron chi connectivity index (χ1n) is 42.8. The van der Waals surface area contributed by atoms with E-state index in [4.69, 9.17) is 38.4 Å². The van der Waals surface area contributed by atoms with Crippen LogP contribution in [0.2, 0.25) is 0 Å². The van der Waals surface area contributed by atoms with Crippen molar-refractivity contribution in [1.82, 2.24) is 29.2 Å². The molecule has 0 radical (unpaired) electrons. The minimum atomic E-state index is -3.99. The van der Waals surface area contributed by atoms with Crippen molar-refractivity contribution in [2.45, 2.75) is 244 Å². The molecule has 24 nitrogen and oxygen atoms in total. The normalized spacial score (nSPS) is 28.4. The third kappa shape index (κ3) is 20.4. The zero-order valence-electron chi connectivity index (χ0n) is 72.3. The van der Waals surface area contributed by atoms with Gasteiger partial charge in [-0.2, -0.15) is 0 Å². The molecular formula is C94H116F2N6O18S2. The molecule has 6 heterocycles. The van der Waals surface area contributed by atoms with E-state index < -0.39 is 135 Å². The third-order valence-electron chi connectivity index (χ3n) is 26.0. The number of pyridine rings is 2. The molecule has 122 heavy (non-hydrogen) atoms. The third-order valence-corrected chi connectivity index (χ3v) is 30.4. The van der Waals surface area contributed by atoms with Gasteiger partial charge in [0.2, 0.25) is 55.4 Å². The Morgan fingerprint density at radius 2 is 0.877 bits per heavy atom. The standard InChI is InChI=1S/2C47H58FN3O9S/c2*1-28-10-8-9-11-32-25-47(32,44(55)50-61(56,57)46(6)18-19-46)26-40(52)39-23-35(27-51(39)43(54)37(29(2)20-28)24-41(53)60-45(3,4)5)59-42-36-17-16-34(58-7)21-31(36)22-38(49-42)30-12-14-33(48)15-13-30/h2*9,11-17,21-22,28-29,32,35,37,39H,8,10,18-20,23-27H2,1-7H3,(H,50,55)/b2*11-9-/t28-,29+,32+,35+,37-,39-,47+;28-,29-,32-,35-,37+,39+,47-/m01/s1. The smallest absolute Gasteiger partial charge is 0.307 e. The first-order valence-corrected chi connectivity index (χ1v) is 45.8. The van der Waals surface area contributed by atoms with Crippen LogP contribution in [0.25, 0.3) is 44.1 Å². The number of hydrogen-bond donors (Lipinski definition) is 2. The van der Waals surface area contributed by atoms with Crippen molar-refractivity contribution >= 4 is 88.7 Å². The van der Waals surface area contributed by atoms with Crippen molar-refractivity contribution in [3.8, 4) is 45.8 Å². The summed E-state index contributed by atoms with van der Waals surface area (Å²) < 4.78 is 120. The number of nitrogens with zero attached hydrogens (tertiary/aromatic N) is 4. The number of halogens is 2. The van der Waals surface area contributed by atoms with Gasteiger partial charge in [-0.1, -0.05) is 52.0 Å². The number of rotatable bonds is 18. The summed E-state index contributed by atoms with van der Waals surface area (Å²) in [4.78, 5) is 128. The van der Waals surface area contributed by atoms with E-state index in [-0.39, 0.29) is 124 Å². The highest BCUT2D eigenvalue weighted by molar-refractivity contribution is 7.92. The number of ketones is 2. The highest BCUT2D eigenvalue weighted by Crippen LogP contribution is 2.60. The van der Waals surface area contributed by atoms with Crippen LogP contribution in [0.1, 0.15) is 199 Å². The van der Waals surface area contributed by atoms with Crippen molar-refractivity contribution in [3.05, 3.63) is 133 Å². The Hall–Kier alpha value is -9.70. The Bertz CT molecular complexity index is 5000. The van der Waals surface area contributed by atoms with Crippen LogP contribution in [0, 0.1) is 69.8 Å². The number of fused-ring (bicyclic) bond motifs is 6. The maximum Gasteiger partial charge on any atom is 0.307 e. The molecule has 0 unspecified atom stereocenters. The lowest BCUT2D eigenvalue weighted by Gasteiger charge is -2.32. The van der Waals surface area contributed by atoms with Gasteiger partial charge in [-0.15, -0.1) is 0 Å². The minimum absolute atomic E-state index is 0.0162. The molecule has 4 saturated carbocycles. The zero-order valence-corrected chi connectivity index (χ0v) is 74.0. The van der Waals surface area contributed by atoms with Crippen LogP contribution < -0.4 is 28.4 Å². The van der Waals surface area contributed by atoms with Crippen LogP contribution in [0.5, 0.6) is 23.3 Å². The van der Waals surface area contributed by atoms with E-state index in [1.165, 1.54) is 34.1 Å². The number of carbonyl (C=O) groups is 8. The van der Waals surface area contributed by atoms with E-state index in [1.807, 2.05) is 74.5 Å². The number of carbonyl (C=O) groups excluding carboxylic acids is 8. The highest BCUT2D eigenvalue weighted by Gasteiger charge is 2.65. The predicted molar refractivity (Wildman–Crippen MR) is 457 cm³/mol. The van der Waals surface area contributed by atoms with Crippen LogP contribution in [0.4, 0.5) is 8.78 Å². The molecule has 2 aromatic heterocycles. The minimum Gasteiger partial charge on any atom is -0.497 e. The van der Waals surface area contributed by atoms with Crippen LogP contribution in [-0.4, -0.2) is 156 Å². The van der Waals surface area contributed by atoms with Crippen molar-refractivity contribution in [2.75, 3.05) is 27.3 Å². The number of benzene rings is 4. The van der Waals surface area contributed by atoms with Gasteiger partial charge in [0, 0.05) is 47.6 Å². The maximum absolute atomic E-state index is 15.1. The van der Waals surface area contributed by atoms with E-state index >= 15 is 9.59 Å². The van der Waals surface area contributed by atoms with Gasteiger partial charge in [0.25, 0.3) is 0 Å². The molecule has 14 atom stereocenters. The lowest BCUT2D eigenvalue weighted by molar-refractivity contribution is -0.160. The molecule has 4 aliphatic carbocycles. The molecule has 4 aliphatic heterocycles. The van der Waals surface area contributed by atoms with Crippen LogP contribution in [0.3, 0.4) is 0 Å². The second-order valence-electron chi connectivity index (χ2n) is 38.2. The SMILES string of the molecule is COc1ccc2c(O[C@@H]3C[C@H]4C(=O)C[C@]5(C(=O)NS(=O)(=O)C6(C)CC6)C[C@H]5/C=C\CC[C@@H](C)C[C@@H](C)[C@H](CC(=O)OC(C)(C)C)C(=O)N4C3)nc(-c3ccc(F)cc3)cc2c1.COc1ccc2c(O[C@@H]3C[C@H]4C(=O)C[C@]5(C(=O)NS(=O)(=O)C6(C)CC6)C[C@H]5/C=C\CC[C@H](C)C[C@@H](C)[C@H](CC(=O)OC(C)(C)C)C(=O)N4C3)nc(-c3ccc(F)cc3)cc2c1. The molecule has 0 bridgehead atoms. The Morgan fingerprint density at radius 1 is 0.516 bits per heavy atom. The Labute approximate surface area is 714 Å². The topological polar surface area (TPSA) is 317 Å². The lowest BCUT2D eigenvalue weighted by atomic mass is 9.82. The molecule has 4 amide bonds. The lowest BCUT2D eigenvalue weighted by Crippen LogP contribution is -2.48. The number of nitrogens with one attached hydrogen (secondary N) is 2. The van der Waals surface area contributed by atoms with Gasteiger partial charge in [-0.05, 0) is 276 Å². The first-order chi connectivity index (χ1) is 57.4. The van der Waals surface area contributed by atoms with E-state index in [9.17, 15) is 54.4 Å². The van der Waals surface area contributed by atoms with Crippen molar-refractivity contribution in [1.29, 1.82) is 0 Å². The summed E-state index contributed by atoms with van der Waals surface area (Å²) in [5.41, 5.74) is -1.89. The molecule has 2 N–H and O–H groups in total. The van der Waals surface area contributed by atoms with Crippen molar-refractivity contribution in [3.63, 3.8) is 0 Å². The van der Waals surface area contributed by atoms with Crippen LogP contribution in [0.15, 0.2) is 121 Å². The summed E-state index contributed by atoms with van der Waals surface area (Å²) in [6.07, 6.45) is 12.1. The Morgan fingerprint density at radius 3 is 1.21 bits per heavy atom. The molecule has 6 fully saturated rings. The summed E-state index contributed by atoms with van der Waals surface area (Å²) in [5.74, 6) is -5.67. The highest BCUT2D eigenvalue weighted by atomic mass is 32.2. The van der Waals surface area contributed by atoms with E-state index in [0.717, 1.165) is 23.6 Å². The number of Topliss-reactive ketones (excluding diaryl/α,β-unsaturated/α-hetero) is 2. The zero-order chi connectivity index (χ0) is 88.1. The van der Waals surface area contributed by atoms with Gasteiger partial charge in [-0.25, -0.2) is 35.6 Å². The number of ether oxygens (including phenoxy) is 6. The van der Waals surface area contributed by atoms with Gasteiger partial charge >= 0.3 is 11.9 Å². The monoisotopic (exact) mass is 1720 g/mol. The maximum atomic E-state index is 15.1. The first kappa shape index (κ1) is 90.0. The molecule has 8 aliphatic rings. The number of amides is 4. The summed E-state index contributed by atoms with van der Waals surface area (Å²) in [6, 6.07) is 24.3. The van der Waals surface area contributed by atoms with E-state index in [2.05, 4.69) is 23.3 Å². The second kappa shape index (κ2) is 35.1. The fraction of sp³-hybridized carbons (Fsp3) is 0.553. The average molecular weight is 1720 g/mol. The van der Waals surface area contributed by atoms with E-state index in [1.54, 1.807) is 106 Å². The summed E-state index contributed by atoms with van der Waals surface area (Å²) in [7, 11) is -4.86. The number of methoxy groups -OCH3 is 2. The Kier molecular flexibility index (Phi) is 25.9. The summed E-state index contributed by atoms with van der Waals surface area (Å²) >= 11 is 0. The molecule has 0 spiro atoms. The number of allylic oxidation sites excluding steroid dienone is 4. The Balaban J connectivity index is 0.000000210. The largest absolute Gasteiger partial charge is 0.497 e. The molecule has 28 heteroatoms. The second-order valence-corrected chi connectivity index (χ2v) is 42.6. The van der Waals surface area contributed by atoms with Crippen LogP contribution >= 0.6 is 0 Å². The molecule has 4 aromatic carbocycles. The molecule has 2 saturated heterocycles.